The zero-order chi connectivity index (χ0) is 20.8. The number of halogens is 1. The van der Waals surface area contributed by atoms with Crippen molar-refractivity contribution >= 4 is 50.9 Å². The maximum absolute atomic E-state index is 12.6. The zero-order valence-electron chi connectivity index (χ0n) is 16.1. The van der Waals surface area contributed by atoms with E-state index in [0.29, 0.717) is 34.6 Å². The molecule has 0 N–H and O–H groups in total. The Hall–Kier alpha value is -2.00. The maximum atomic E-state index is 12.6. The van der Waals surface area contributed by atoms with Gasteiger partial charge < -0.3 is 14.2 Å². The molecule has 1 heterocycles. The van der Waals surface area contributed by atoms with E-state index in [1.165, 1.54) is 7.11 Å². The van der Waals surface area contributed by atoms with Crippen LogP contribution in [0.1, 0.15) is 32.8 Å². The Morgan fingerprint density at radius 1 is 1.32 bits per heavy atom. The molecule has 1 atom stereocenters. The van der Waals surface area contributed by atoms with Gasteiger partial charge in [-0.25, -0.2) is 0 Å². The van der Waals surface area contributed by atoms with E-state index in [0.717, 1.165) is 16.7 Å². The molecule has 1 aliphatic rings. The zero-order valence-corrected chi connectivity index (χ0v) is 18.5. The summed E-state index contributed by atoms with van der Waals surface area (Å²) in [5.74, 6) is -0.0772. The first-order valence-corrected chi connectivity index (χ1v) is 10.4. The summed E-state index contributed by atoms with van der Waals surface area (Å²) in [6.45, 7) is 5.53. The average Bonchev–Trinajstić information content (AvgIpc) is 2.89. The van der Waals surface area contributed by atoms with Gasteiger partial charge in [-0.3, -0.25) is 19.3 Å². The van der Waals surface area contributed by atoms with Gasteiger partial charge in [-0.1, -0.05) is 6.92 Å². The third-order valence-corrected chi connectivity index (χ3v) is 5.40. The number of hydrogen-bond donors (Lipinski definition) is 0. The van der Waals surface area contributed by atoms with Gasteiger partial charge in [-0.15, -0.1) is 0 Å². The highest BCUT2D eigenvalue weighted by atomic mass is 79.9. The molecular formula is C19H22BrNO6S. The van der Waals surface area contributed by atoms with Crippen molar-refractivity contribution in [3.05, 3.63) is 27.1 Å². The van der Waals surface area contributed by atoms with Crippen molar-refractivity contribution in [1.29, 1.82) is 0 Å². The summed E-state index contributed by atoms with van der Waals surface area (Å²) < 4.78 is 16.7. The first-order valence-electron chi connectivity index (χ1n) is 8.75. The topological polar surface area (TPSA) is 82.1 Å². The second kappa shape index (κ2) is 9.97. The van der Waals surface area contributed by atoms with Crippen molar-refractivity contribution in [3.8, 4) is 11.5 Å². The van der Waals surface area contributed by atoms with Crippen LogP contribution in [0.25, 0.3) is 6.08 Å². The van der Waals surface area contributed by atoms with Gasteiger partial charge in [0.15, 0.2) is 11.5 Å². The van der Waals surface area contributed by atoms with Crippen molar-refractivity contribution < 1.29 is 28.6 Å². The molecule has 152 valence electrons. The van der Waals surface area contributed by atoms with Crippen LogP contribution in [-0.4, -0.2) is 48.4 Å². The molecular weight excluding hydrogens is 450 g/mol. The van der Waals surface area contributed by atoms with Crippen molar-refractivity contribution in [2.75, 3.05) is 20.3 Å². The third kappa shape index (κ3) is 5.29. The molecule has 0 aliphatic carbocycles. The summed E-state index contributed by atoms with van der Waals surface area (Å²) in [6, 6.07) is 3.48. The molecule has 0 bridgehead atoms. The number of imide groups is 1. The Labute approximate surface area is 176 Å². The lowest BCUT2D eigenvalue weighted by Gasteiger charge is -2.15. The third-order valence-electron chi connectivity index (χ3n) is 3.90. The number of thioether (sulfide) groups is 1. The number of ether oxygens (including phenoxy) is 3. The van der Waals surface area contributed by atoms with Crippen LogP contribution in [0.15, 0.2) is 21.5 Å². The summed E-state index contributed by atoms with van der Waals surface area (Å²) in [6.07, 6.45) is 1.97. The van der Waals surface area contributed by atoms with Crippen LogP contribution in [0.5, 0.6) is 11.5 Å². The minimum atomic E-state index is -0.608. The van der Waals surface area contributed by atoms with Gasteiger partial charge in [-0.05, 0) is 71.7 Å². The molecule has 1 aliphatic heterocycles. The molecule has 0 saturated carbocycles. The Morgan fingerprint density at radius 2 is 2.04 bits per heavy atom. The molecule has 2 rings (SSSR count). The monoisotopic (exact) mass is 471 g/mol. The lowest BCUT2D eigenvalue weighted by Crippen LogP contribution is -2.35. The largest absolute Gasteiger partial charge is 0.492 e. The number of amides is 2. The van der Waals surface area contributed by atoms with E-state index in [9.17, 15) is 14.4 Å². The molecule has 1 saturated heterocycles. The van der Waals surface area contributed by atoms with Gasteiger partial charge in [0, 0.05) is 0 Å². The minimum Gasteiger partial charge on any atom is -0.492 e. The number of hydrogen-bond acceptors (Lipinski definition) is 7. The van der Waals surface area contributed by atoms with Crippen LogP contribution in [0, 0.1) is 0 Å². The molecule has 0 spiro atoms. The fourth-order valence-corrected chi connectivity index (χ4v) is 3.85. The predicted molar refractivity (Wildman–Crippen MR) is 110 cm³/mol. The number of carbonyl (C=O) groups is 3. The lowest BCUT2D eigenvalue weighted by molar-refractivity contribution is -0.150. The van der Waals surface area contributed by atoms with Gasteiger partial charge >= 0.3 is 5.97 Å². The summed E-state index contributed by atoms with van der Waals surface area (Å²) in [4.78, 5) is 37.8. The number of rotatable bonds is 8. The fraction of sp³-hybridized carbons (Fsp3) is 0.421. The molecule has 0 radical (unpaired) electrons. The van der Waals surface area contributed by atoms with Crippen LogP contribution in [-0.2, 0) is 14.3 Å². The van der Waals surface area contributed by atoms with Gasteiger partial charge in [0.2, 0.25) is 0 Å². The van der Waals surface area contributed by atoms with Crippen molar-refractivity contribution in [1.82, 2.24) is 4.90 Å². The highest BCUT2D eigenvalue weighted by Crippen LogP contribution is 2.39. The highest BCUT2D eigenvalue weighted by molar-refractivity contribution is 9.10. The van der Waals surface area contributed by atoms with Gasteiger partial charge in [-0.2, -0.15) is 0 Å². The van der Waals surface area contributed by atoms with E-state index in [4.69, 9.17) is 14.2 Å². The van der Waals surface area contributed by atoms with Gasteiger partial charge in [0.1, 0.15) is 6.54 Å². The van der Waals surface area contributed by atoms with E-state index in [2.05, 4.69) is 15.9 Å². The second-order valence-corrected chi connectivity index (χ2v) is 7.79. The van der Waals surface area contributed by atoms with Gasteiger partial charge in [0.05, 0.1) is 29.2 Å². The number of carbonyl (C=O) groups excluding carboxylic acids is 3. The van der Waals surface area contributed by atoms with Crippen LogP contribution in [0.4, 0.5) is 4.79 Å². The first kappa shape index (κ1) is 22.3. The Kier molecular flexibility index (Phi) is 7.94. The standard InChI is InChI=1S/C19H22BrNO6S/c1-5-11(3)27-16(22)10-21-18(23)15(28-19(21)24)9-12-7-13(20)17(25-4)14(8-12)26-6-2/h7-9,11H,5-6,10H2,1-4H3/b15-9+/t11-/m1/s1. The molecule has 1 aromatic rings. The molecule has 7 nitrogen and oxygen atoms in total. The highest BCUT2D eigenvalue weighted by Gasteiger charge is 2.37. The maximum Gasteiger partial charge on any atom is 0.326 e. The van der Waals surface area contributed by atoms with E-state index in [1.807, 2.05) is 13.8 Å². The molecule has 0 unspecified atom stereocenters. The van der Waals surface area contributed by atoms with Crippen molar-refractivity contribution in [3.63, 3.8) is 0 Å². The van der Waals surface area contributed by atoms with Crippen LogP contribution >= 0.6 is 27.7 Å². The van der Waals surface area contributed by atoms with Gasteiger partial charge in [0.25, 0.3) is 11.1 Å². The second-order valence-electron chi connectivity index (χ2n) is 5.94. The SMILES string of the molecule is CCOc1cc(/C=C2/SC(=O)N(CC(=O)O[C@H](C)CC)C2=O)cc(Br)c1OC. The molecule has 2 amide bonds. The Balaban J connectivity index is 2.22. The van der Waals surface area contributed by atoms with Crippen LogP contribution in [0.2, 0.25) is 0 Å². The first-order chi connectivity index (χ1) is 13.3. The Morgan fingerprint density at radius 3 is 2.64 bits per heavy atom. The van der Waals surface area contributed by atoms with E-state index in [1.54, 1.807) is 25.1 Å². The number of benzene rings is 1. The smallest absolute Gasteiger partial charge is 0.326 e. The summed E-state index contributed by atoms with van der Waals surface area (Å²) >= 11 is 4.20. The number of esters is 1. The van der Waals surface area contributed by atoms with Crippen LogP contribution < -0.4 is 9.47 Å². The van der Waals surface area contributed by atoms with E-state index < -0.39 is 23.7 Å². The minimum absolute atomic E-state index is 0.223. The molecule has 0 aromatic heterocycles. The average molecular weight is 472 g/mol. The Bertz CT molecular complexity index is 810. The van der Waals surface area contributed by atoms with Crippen LogP contribution in [0.3, 0.4) is 0 Å². The number of methoxy groups -OCH3 is 1. The molecule has 1 fully saturated rings. The quantitative estimate of drug-likeness (QED) is 0.414. The van der Waals surface area contributed by atoms with Crippen molar-refractivity contribution in [2.45, 2.75) is 33.3 Å². The molecule has 28 heavy (non-hydrogen) atoms. The van der Waals surface area contributed by atoms with E-state index in [-0.39, 0.29) is 11.0 Å². The molecule has 1 aromatic carbocycles. The predicted octanol–water partition coefficient (Wildman–Crippen LogP) is 4.23. The summed E-state index contributed by atoms with van der Waals surface area (Å²) in [7, 11) is 1.53. The van der Waals surface area contributed by atoms with Crippen molar-refractivity contribution in [2.24, 2.45) is 0 Å². The summed E-state index contributed by atoms with van der Waals surface area (Å²) in [5, 5.41) is -0.505. The fourth-order valence-electron chi connectivity index (χ4n) is 2.39. The number of nitrogens with zero attached hydrogens (tertiary/aromatic N) is 1. The molecule has 9 heteroatoms. The lowest BCUT2D eigenvalue weighted by atomic mass is 10.2. The normalized spacial score (nSPS) is 16.5. The van der Waals surface area contributed by atoms with E-state index >= 15 is 0 Å². The summed E-state index contributed by atoms with van der Waals surface area (Å²) in [5.41, 5.74) is 0.656.